The van der Waals surface area contributed by atoms with Crippen LogP contribution in [0.2, 0.25) is 0 Å². The van der Waals surface area contributed by atoms with E-state index >= 15 is 0 Å². The van der Waals surface area contributed by atoms with Gasteiger partial charge in [0.15, 0.2) is 6.10 Å². The zero-order chi connectivity index (χ0) is 14.7. The average molecular weight is 270 g/mol. The summed E-state index contributed by atoms with van der Waals surface area (Å²) in [5, 5.41) is 38.4. The number of primary amides is 1. The second-order valence-electron chi connectivity index (χ2n) is 3.63. The number of rotatable bonds is 5. The van der Waals surface area contributed by atoms with E-state index in [0.717, 1.165) is 12.1 Å². The van der Waals surface area contributed by atoms with E-state index in [0.29, 0.717) is 6.07 Å². The van der Waals surface area contributed by atoms with Crippen LogP contribution in [-0.2, 0) is 4.79 Å². The molecule has 0 aliphatic rings. The lowest BCUT2D eigenvalue weighted by atomic mass is 9.97. The van der Waals surface area contributed by atoms with Crippen molar-refractivity contribution in [2.75, 3.05) is 0 Å². The first-order chi connectivity index (χ1) is 8.75. The van der Waals surface area contributed by atoms with Gasteiger partial charge in [0.25, 0.3) is 5.69 Å². The SMILES string of the molecule is NC(=O)C(O)C(O)c1ccc([N+](=O)[O-])cc1C(=O)O. The van der Waals surface area contributed by atoms with Gasteiger partial charge in [-0.1, -0.05) is 0 Å². The Hall–Kier alpha value is -2.52. The molecule has 1 aromatic carbocycles. The maximum absolute atomic E-state index is 11.0. The van der Waals surface area contributed by atoms with Crippen LogP contribution in [-0.4, -0.2) is 38.2 Å². The van der Waals surface area contributed by atoms with E-state index in [1.165, 1.54) is 0 Å². The summed E-state index contributed by atoms with van der Waals surface area (Å²) in [4.78, 5) is 31.4. The Morgan fingerprint density at radius 2 is 1.89 bits per heavy atom. The molecular weight excluding hydrogens is 260 g/mol. The van der Waals surface area contributed by atoms with Gasteiger partial charge in [0.05, 0.1) is 10.5 Å². The summed E-state index contributed by atoms with van der Waals surface area (Å²) in [6.07, 6.45) is -3.90. The normalized spacial score (nSPS) is 13.6. The predicted octanol–water partition coefficient (Wildman–Crippen LogP) is -0.827. The van der Waals surface area contributed by atoms with Gasteiger partial charge < -0.3 is 21.1 Å². The molecule has 2 unspecified atom stereocenters. The first kappa shape index (κ1) is 14.5. The summed E-state index contributed by atoms with van der Waals surface area (Å²) >= 11 is 0. The van der Waals surface area contributed by atoms with Crippen molar-refractivity contribution in [1.29, 1.82) is 0 Å². The number of aliphatic hydroxyl groups excluding tert-OH is 2. The van der Waals surface area contributed by atoms with E-state index in [4.69, 9.17) is 10.8 Å². The summed E-state index contributed by atoms with van der Waals surface area (Å²) in [5.41, 5.74) is 3.34. The van der Waals surface area contributed by atoms with Crippen molar-refractivity contribution < 1.29 is 29.8 Å². The van der Waals surface area contributed by atoms with Crippen LogP contribution in [0.5, 0.6) is 0 Å². The fraction of sp³-hybridized carbons (Fsp3) is 0.200. The van der Waals surface area contributed by atoms with Crippen molar-refractivity contribution in [2.24, 2.45) is 5.73 Å². The Morgan fingerprint density at radius 3 is 2.32 bits per heavy atom. The number of carboxylic acids is 1. The van der Waals surface area contributed by atoms with Gasteiger partial charge >= 0.3 is 5.97 Å². The van der Waals surface area contributed by atoms with Crippen LogP contribution in [0.25, 0.3) is 0 Å². The molecule has 0 aliphatic heterocycles. The molecule has 0 saturated heterocycles. The van der Waals surface area contributed by atoms with E-state index in [1.807, 2.05) is 0 Å². The number of carbonyl (C=O) groups excluding carboxylic acids is 1. The lowest BCUT2D eigenvalue weighted by molar-refractivity contribution is -0.384. The monoisotopic (exact) mass is 270 g/mol. The van der Waals surface area contributed by atoms with Crippen molar-refractivity contribution in [3.8, 4) is 0 Å². The highest BCUT2D eigenvalue weighted by molar-refractivity contribution is 5.91. The summed E-state index contributed by atoms with van der Waals surface area (Å²) in [6.45, 7) is 0. The fourth-order valence-corrected chi connectivity index (χ4v) is 1.43. The number of nitro benzene ring substituents is 1. The number of carbonyl (C=O) groups is 2. The van der Waals surface area contributed by atoms with Crippen LogP contribution < -0.4 is 5.73 Å². The number of aromatic carboxylic acids is 1. The van der Waals surface area contributed by atoms with Crippen LogP contribution >= 0.6 is 0 Å². The molecule has 0 aromatic heterocycles. The number of nitrogens with zero attached hydrogens (tertiary/aromatic N) is 1. The van der Waals surface area contributed by atoms with Gasteiger partial charge in [-0.3, -0.25) is 14.9 Å². The molecule has 1 aromatic rings. The van der Waals surface area contributed by atoms with Gasteiger partial charge in [-0.15, -0.1) is 0 Å². The van der Waals surface area contributed by atoms with Gasteiger partial charge in [-0.2, -0.15) is 0 Å². The van der Waals surface area contributed by atoms with Crippen molar-refractivity contribution in [1.82, 2.24) is 0 Å². The third-order valence-electron chi connectivity index (χ3n) is 2.39. The second kappa shape index (κ2) is 5.42. The van der Waals surface area contributed by atoms with Crippen LogP contribution in [0.15, 0.2) is 18.2 Å². The predicted molar refractivity (Wildman–Crippen MR) is 60.2 cm³/mol. The Morgan fingerprint density at radius 1 is 1.32 bits per heavy atom. The highest BCUT2D eigenvalue weighted by Gasteiger charge is 2.28. The Labute approximate surface area is 106 Å². The molecule has 0 radical (unpaired) electrons. The average Bonchev–Trinajstić information content (AvgIpc) is 2.35. The lowest BCUT2D eigenvalue weighted by Gasteiger charge is -2.16. The molecule has 1 rings (SSSR count). The molecule has 9 nitrogen and oxygen atoms in total. The highest BCUT2D eigenvalue weighted by atomic mass is 16.6. The van der Waals surface area contributed by atoms with E-state index in [9.17, 15) is 29.9 Å². The Balaban J connectivity index is 3.31. The minimum atomic E-state index is -2.01. The minimum Gasteiger partial charge on any atom is -0.478 e. The first-order valence-corrected chi connectivity index (χ1v) is 4.92. The Kier molecular flexibility index (Phi) is 4.14. The number of amides is 1. The van der Waals surface area contributed by atoms with Gasteiger partial charge in [-0.25, -0.2) is 4.79 Å². The number of benzene rings is 1. The van der Waals surface area contributed by atoms with Crippen LogP contribution in [0.4, 0.5) is 5.69 Å². The highest BCUT2D eigenvalue weighted by Crippen LogP contribution is 2.25. The molecular formula is C10H10N2O7. The van der Waals surface area contributed by atoms with Gasteiger partial charge in [-0.05, 0) is 11.6 Å². The summed E-state index contributed by atoms with van der Waals surface area (Å²) in [6, 6.07) is 2.60. The van der Waals surface area contributed by atoms with E-state index in [-0.39, 0.29) is 5.56 Å². The molecule has 9 heteroatoms. The fourth-order valence-electron chi connectivity index (χ4n) is 1.43. The van der Waals surface area contributed by atoms with Crippen molar-refractivity contribution in [2.45, 2.75) is 12.2 Å². The molecule has 0 bridgehead atoms. The number of hydrogen-bond donors (Lipinski definition) is 4. The lowest BCUT2D eigenvalue weighted by Crippen LogP contribution is -2.34. The third kappa shape index (κ3) is 3.03. The van der Waals surface area contributed by atoms with E-state index in [1.54, 1.807) is 0 Å². The van der Waals surface area contributed by atoms with E-state index in [2.05, 4.69) is 0 Å². The molecule has 1 amide bonds. The zero-order valence-electron chi connectivity index (χ0n) is 9.39. The second-order valence-corrected chi connectivity index (χ2v) is 3.63. The molecule has 0 aliphatic carbocycles. The van der Waals surface area contributed by atoms with Gasteiger partial charge in [0.2, 0.25) is 5.91 Å². The van der Waals surface area contributed by atoms with Gasteiger partial charge in [0, 0.05) is 12.1 Å². The molecule has 2 atom stereocenters. The number of hydrogen-bond acceptors (Lipinski definition) is 6. The number of aliphatic hydroxyl groups is 2. The van der Waals surface area contributed by atoms with Crippen LogP contribution in [0.3, 0.4) is 0 Å². The number of nitrogens with two attached hydrogens (primary N) is 1. The summed E-state index contributed by atoms with van der Waals surface area (Å²) in [5.74, 6) is -2.79. The van der Waals surface area contributed by atoms with Crippen molar-refractivity contribution in [3.63, 3.8) is 0 Å². The van der Waals surface area contributed by atoms with E-state index < -0.39 is 40.3 Å². The van der Waals surface area contributed by atoms with Crippen LogP contribution in [0, 0.1) is 10.1 Å². The van der Waals surface area contributed by atoms with Gasteiger partial charge in [0.1, 0.15) is 6.10 Å². The summed E-state index contributed by atoms with van der Waals surface area (Å²) < 4.78 is 0. The molecule has 0 heterocycles. The van der Waals surface area contributed by atoms with Crippen molar-refractivity contribution >= 4 is 17.6 Å². The number of nitro groups is 1. The topological polar surface area (TPSA) is 164 Å². The molecule has 19 heavy (non-hydrogen) atoms. The number of non-ortho nitro benzene ring substituents is 1. The Bertz CT molecular complexity index is 543. The zero-order valence-corrected chi connectivity index (χ0v) is 9.39. The molecule has 0 spiro atoms. The maximum Gasteiger partial charge on any atom is 0.336 e. The smallest absolute Gasteiger partial charge is 0.336 e. The quantitative estimate of drug-likeness (QED) is 0.400. The summed E-state index contributed by atoms with van der Waals surface area (Å²) in [7, 11) is 0. The number of carboxylic acid groups (broad SMARTS) is 1. The first-order valence-electron chi connectivity index (χ1n) is 4.92. The third-order valence-corrected chi connectivity index (χ3v) is 2.39. The molecule has 0 saturated carbocycles. The minimum absolute atomic E-state index is 0.343. The largest absolute Gasteiger partial charge is 0.478 e. The molecule has 5 N–H and O–H groups in total. The molecule has 0 fully saturated rings. The van der Waals surface area contributed by atoms with Crippen molar-refractivity contribution in [3.05, 3.63) is 39.4 Å². The maximum atomic E-state index is 11.0. The standard InChI is InChI=1S/C10H10N2O7/c11-9(15)8(14)7(13)5-2-1-4(12(18)19)3-6(5)10(16)17/h1-3,7-8,13-14H,(H2,11,15)(H,16,17). The van der Waals surface area contributed by atoms with Crippen LogP contribution in [0.1, 0.15) is 22.0 Å². The molecule has 102 valence electrons.